The minimum absolute atomic E-state index is 0.175. The van der Waals surface area contributed by atoms with Crippen molar-refractivity contribution in [2.24, 2.45) is 5.41 Å². The Morgan fingerprint density at radius 1 is 1.00 bits per heavy atom. The van der Waals surface area contributed by atoms with Gasteiger partial charge in [0.25, 0.3) is 0 Å². The minimum atomic E-state index is -0.741. The van der Waals surface area contributed by atoms with Gasteiger partial charge in [0.1, 0.15) is 0 Å². The number of hydrogen-bond donors (Lipinski definition) is 1. The number of pyridine rings is 2. The molecule has 1 N–H and O–H groups in total. The molecule has 0 fully saturated rings. The van der Waals surface area contributed by atoms with Crippen molar-refractivity contribution in [3.8, 4) is 0 Å². The topological polar surface area (TPSA) is 63.1 Å². The van der Waals surface area contributed by atoms with E-state index in [0.717, 1.165) is 53.7 Å². The van der Waals surface area contributed by atoms with Crippen LogP contribution in [0.2, 0.25) is 5.02 Å². The number of halogens is 1. The van der Waals surface area contributed by atoms with Crippen molar-refractivity contribution in [1.82, 2.24) is 9.97 Å². The number of benzene rings is 2. The molecule has 2 aromatic heterocycles. The Morgan fingerprint density at radius 2 is 1.84 bits per heavy atom. The number of hydrogen-bond acceptors (Lipinski definition) is 4. The van der Waals surface area contributed by atoms with Gasteiger partial charge in [-0.1, -0.05) is 67.9 Å². The summed E-state index contributed by atoms with van der Waals surface area (Å²) < 4.78 is 0. The smallest absolute Gasteiger partial charge is 0.303 e. The van der Waals surface area contributed by atoms with Crippen molar-refractivity contribution in [3.63, 3.8) is 0 Å². The summed E-state index contributed by atoms with van der Waals surface area (Å²) >= 11 is 8.04. The van der Waals surface area contributed by atoms with Gasteiger partial charge in [0, 0.05) is 33.3 Å². The lowest BCUT2D eigenvalue weighted by atomic mass is 9.83. The molecule has 0 unspecified atom stereocenters. The Kier molecular flexibility index (Phi) is 9.23. The van der Waals surface area contributed by atoms with E-state index in [4.69, 9.17) is 16.6 Å². The minimum Gasteiger partial charge on any atom is -0.481 e. The van der Waals surface area contributed by atoms with Crippen LogP contribution in [-0.4, -0.2) is 21.0 Å². The van der Waals surface area contributed by atoms with E-state index < -0.39 is 5.97 Å². The lowest BCUT2D eigenvalue weighted by Crippen LogP contribution is -2.17. The van der Waals surface area contributed by atoms with Crippen molar-refractivity contribution < 1.29 is 9.90 Å². The number of rotatable bonds is 12. The summed E-state index contributed by atoms with van der Waals surface area (Å²) in [5.41, 5.74) is 5.34. The van der Waals surface area contributed by atoms with Crippen LogP contribution in [0.4, 0.5) is 0 Å². The fourth-order valence-electron chi connectivity index (χ4n) is 4.53. The molecule has 4 aromatic rings. The number of carboxylic acid groups (broad SMARTS) is 1. The molecule has 2 heterocycles. The summed E-state index contributed by atoms with van der Waals surface area (Å²) in [4.78, 5) is 20.6. The molecular weight excluding hydrogens is 500 g/mol. The molecule has 6 heteroatoms. The highest BCUT2D eigenvalue weighted by molar-refractivity contribution is 7.98. The van der Waals surface area contributed by atoms with E-state index in [2.05, 4.69) is 47.4 Å². The van der Waals surface area contributed by atoms with Gasteiger partial charge in [-0.15, -0.1) is 11.8 Å². The van der Waals surface area contributed by atoms with E-state index in [0.29, 0.717) is 5.02 Å². The van der Waals surface area contributed by atoms with Crippen LogP contribution in [0, 0.1) is 5.41 Å². The van der Waals surface area contributed by atoms with Gasteiger partial charge in [0.15, 0.2) is 0 Å². The van der Waals surface area contributed by atoms with Crippen LogP contribution in [0.25, 0.3) is 10.9 Å². The van der Waals surface area contributed by atoms with Crippen LogP contribution < -0.4 is 0 Å². The summed E-state index contributed by atoms with van der Waals surface area (Å²) in [5, 5.41) is 11.4. The number of aromatic nitrogens is 2. The SMILES string of the molecule is CC(C)(CC[C@H](SCc1ccccn1)c1cccc(CCc2ccc3ccc(Cl)cc3n2)c1)CC(=O)O. The third-order valence-corrected chi connectivity index (χ3v) is 8.18. The highest BCUT2D eigenvalue weighted by Gasteiger charge is 2.24. The van der Waals surface area contributed by atoms with Gasteiger partial charge in [-0.05, 0) is 72.6 Å². The van der Waals surface area contributed by atoms with E-state index in [9.17, 15) is 9.90 Å². The molecule has 0 bridgehead atoms. The number of aryl methyl sites for hydroxylation is 2. The Morgan fingerprint density at radius 3 is 2.62 bits per heavy atom. The first-order valence-electron chi connectivity index (χ1n) is 12.6. The fourth-order valence-corrected chi connectivity index (χ4v) is 5.86. The van der Waals surface area contributed by atoms with E-state index in [-0.39, 0.29) is 17.1 Å². The maximum atomic E-state index is 11.3. The molecule has 0 aliphatic carbocycles. The second-order valence-electron chi connectivity index (χ2n) is 10.3. The number of nitrogens with zero attached hydrogens (tertiary/aromatic N) is 2. The summed E-state index contributed by atoms with van der Waals surface area (Å²) in [6.45, 7) is 4.09. The molecule has 0 aliphatic heterocycles. The summed E-state index contributed by atoms with van der Waals surface area (Å²) in [7, 11) is 0. The molecule has 37 heavy (non-hydrogen) atoms. The molecule has 0 saturated carbocycles. The van der Waals surface area contributed by atoms with Crippen molar-refractivity contribution in [1.29, 1.82) is 0 Å². The second-order valence-corrected chi connectivity index (χ2v) is 11.9. The monoisotopic (exact) mass is 532 g/mol. The van der Waals surface area contributed by atoms with E-state index >= 15 is 0 Å². The van der Waals surface area contributed by atoms with Crippen LogP contribution in [0.15, 0.2) is 79.0 Å². The standard InChI is InChI=1S/C31H33ClN2O2S/c1-31(2,20-30(35)36)16-15-29(37-21-27-8-3-4-17-33-27)24-7-5-6-22(18-24)9-13-26-14-11-23-10-12-25(32)19-28(23)34-26/h3-8,10-12,14,17-19,29H,9,13,15-16,20-21H2,1-2H3,(H,35,36)/t29-/m0/s1. The molecule has 0 amide bonds. The first-order valence-corrected chi connectivity index (χ1v) is 14.1. The Balaban J connectivity index is 1.47. The molecule has 4 nitrogen and oxygen atoms in total. The molecule has 192 valence electrons. The molecule has 4 rings (SSSR count). The normalized spacial score (nSPS) is 12.5. The number of aliphatic carboxylic acids is 1. The van der Waals surface area contributed by atoms with Crippen LogP contribution in [0.3, 0.4) is 0 Å². The highest BCUT2D eigenvalue weighted by Crippen LogP contribution is 2.39. The first kappa shape index (κ1) is 27.2. The Labute approximate surface area is 228 Å². The molecule has 0 radical (unpaired) electrons. The Bertz CT molecular complexity index is 1340. The number of carbonyl (C=O) groups is 1. The first-order chi connectivity index (χ1) is 17.8. The quantitative estimate of drug-likeness (QED) is 0.199. The predicted molar refractivity (Wildman–Crippen MR) is 154 cm³/mol. The zero-order valence-corrected chi connectivity index (χ0v) is 22.9. The van der Waals surface area contributed by atoms with Crippen LogP contribution in [0.5, 0.6) is 0 Å². The summed E-state index contributed by atoms with van der Waals surface area (Å²) in [5.74, 6) is 0.0767. The molecule has 0 aliphatic rings. The zero-order chi connectivity index (χ0) is 26.3. The molecular formula is C31H33ClN2O2S. The van der Waals surface area contributed by atoms with Crippen LogP contribution in [-0.2, 0) is 23.4 Å². The van der Waals surface area contributed by atoms with Gasteiger partial charge < -0.3 is 5.11 Å². The van der Waals surface area contributed by atoms with Gasteiger partial charge >= 0.3 is 5.97 Å². The van der Waals surface area contributed by atoms with Gasteiger partial charge in [0.05, 0.1) is 17.6 Å². The van der Waals surface area contributed by atoms with E-state index in [1.54, 1.807) is 0 Å². The van der Waals surface area contributed by atoms with Gasteiger partial charge in [-0.2, -0.15) is 0 Å². The van der Waals surface area contributed by atoms with Crippen LogP contribution >= 0.6 is 23.4 Å². The Hall–Kier alpha value is -2.89. The third-order valence-electron chi connectivity index (χ3n) is 6.58. The lowest BCUT2D eigenvalue weighted by molar-refractivity contribution is -0.139. The average Bonchev–Trinajstić information content (AvgIpc) is 2.87. The highest BCUT2D eigenvalue weighted by atomic mass is 35.5. The summed E-state index contributed by atoms with van der Waals surface area (Å²) in [6.07, 6.45) is 5.50. The lowest BCUT2D eigenvalue weighted by Gasteiger charge is -2.26. The third kappa shape index (κ3) is 8.31. The zero-order valence-electron chi connectivity index (χ0n) is 21.4. The number of fused-ring (bicyclic) bond motifs is 1. The maximum Gasteiger partial charge on any atom is 0.303 e. The van der Waals surface area contributed by atoms with Crippen molar-refractivity contribution in [2.75, 3.05) is 0 Å². The second kappa shape index (κ2) is 12.6. The summed E-state index contributed by atoms with van der Waals surface area (Å²) in [6, 6.07) is 24.8. The van der Waals surface area contributed by atoms with Gasteiger partial charge in [-0.3, -0.25) is 14.8 Å². The molecule has 1 atom stereocenters. The fraction of sp³-hybridized carbons (Fsp3) is 0.323. The van der Waals surface area contributed by atoms with E-state index in [1.807, 2.05) is 62.1 Å². The van der Waals surface area contributed by atoms with Gasteiger partial charge in [0.2, 0.25) is 0 Å². The van der Waals surface area contributed by atoms with Crippen LogP contribution in [0.1, 0.15) is 60.9 Å². The predicted octanol–water partition coefficient (Wildman–Crippen LogP) is 8.32. The largest absolute Gasteiger partial charge is 0.481 e. The number of thioether (sulfide) groups is 1. The average molecular weight is 533 g/mol. The van der Waals surface area contributed by atoms with Gasteiger partial charge in [-0.25, -0.2) is 0 Å². The van der Waals surface area contributed by atoms with Crippen molar-refractivity contribution in [2.45, 2.75) is 57.0 Å². The maximum absolute atomic E-state index is 11.3. The molecule has 0 spiro atoms. The molecule has 2 aromatic carbocycles. The van der Waals surface area contributed by atoms with Crippen molar-refractivity contribution in [3.05, 3.63) is 107 Å². The van der Waals surface area contributed by atoms with Crippen molar-refractivity contribution >= 4 is 40.2 Å². The van der Waals surface area contributed by atoms with E-state index in [1.165, 1.54) is 11.1 Å². The number of carboxylic acids is 1. The molecule has 0 saturated heterocycles.